The third kappa shape index (κ3) is 4.44. The maximum atomic E-state index is 13.0. The molecule has 1 atom stereocenters. The van der Waals surface area contributed by atoms with E-state index in [1.807, 2.05) is 26.8 Å². The second-order valence-corrected chi connectivity index (χ2v) is 10.1. The minimum Gasteiger partial charge on any atom is -0.321 e. The van der Waals surface area contributed by atoms with E-state index in [1.54, 1.807) is 27.3 Å². The topological polar surface area (TPSA) is 97.2 Å². The van der Waals surface area contributed by atoms with Crippen molar-refractivity contribution in [2.45, 2.75) is 51.0 Å². The molecular formula is C23H27N5O3S. The van der Waals surface area contributed by atoms with Gasteiger partial charge < -0.3 is 5.32 Å². The van der Waals surface area contributed by atoms with Crippen LogP contribution in [-0.2, 0) is 10.0 Å². The number of pyridine rings is 1. The molecule has 9 heteroatoms. The number of nitrogens with one attached hydrogen (secondary N) is 1. The number of hydrogen-bond donors (Lipinski definition) is 1. The van der Waals surface area contributed by atoms with E-state index in [-0.39, 0.29) is 16.8 Å². The molecule has 1 aromatic carbocycles. The molecule has 2 aromatic heterocycles. The fraction of sp³-hybridized carbons (Fsp3) is 0.348. The van der Waals surface area contributed by atoms with Gasteiger partial charge in [-0.2, -0.15) is 9.40 Å². The number of aromatic nitrogens is 3. The Hall–Kier alpha value is -3.04. The fourth-order valence-electron chi connectivity index (χ4n) is 3.99. The lowest BCUT2D eigenvalue weighted by Crippen LogP contribution is -2.41. The number of benzene rings is 1. The van der Waals surface area contributed by atoms with E-state index in [0.29, 0.717) is 23.6 Å². The summed E-state index contributed by atoms with van der Waals surface area (Å²) in [5.41, 5.74) is 2.79. The van der Waals surface area contributed by atoms with Gasteiger partial charge in [0.05, 0.1) is 22.5 Å². The van der Waals surface area contributed by atoms with Gasteiger partial charge in [0.2, 0.25) is 10.0 Å². The van der Waals surface area contributed by atoms with Crippen LogP contribution in [0.2, 0.25) is 0 Å². The maximum absolute atomic E-state index is 13.0. The first kappa shape index (κ1) is 22.2. The molecule has 3 heterocycles. The first-order valence-corrected chi connectivity index (χ1v) is 12.1. The quantitative estimate of drug-likeness (QED) is 0.635. The van der Waals surface area contributed by atoms with Crippen LogP contribution in [0.15, 0.2) is 53.6 Å². The smallest absolute Gasteiger partial charge is 0.255 e. The van der Waals surface area contributed by atoms with Gasteiger partial charge in [-0.25, -0.2) is 18.1 Å². The van der Waals surface area contributed by atoms with E-state index in [2.05, 4.69) is 15.4 Å². The van der Waals surface area contributed by atoms with Crippen LogP contribution in [0.1, 0.15) is 47.9 Å². The second-order valence-electron chi connectivity index (χ2n) is 8.18. The zero-order valence-corrected chi connectivity index (χ0v) is 19.3. The molecule has 1 unspecified atom stereocenters. The molecule has 3 aromatic rings. The van der Waals surface area contributed by atoms with Gasteiger partial charge in [0, 0.05) is 23.8 Å². The number of carbonyl (C=O) groups excluding carboxylic acids is 1. The molecule has 1 saturated heterocycles. The van der Waals surface area contributed by atoms with Gasteiger partial charge in [-0.15, -0.1) is 0 Å². The fourth-order valence-corrected chi connectivity index (χ4v) is 5.69. The third-order valence-electron chi connectivity index (χ3n) is 5.70. The van der Waals surface area contributed by atoms with Crippen LogP contribution in [0.4, 0.5) is 5.69 Å². The lowest BCUT2D eigenvalue weighted by atomic mass is 10.1. The van der Waals surface area contributed by atoms with E-state index >= 15 is 0 Å². The molecule has 0 saturated carbocycles. The highest BCUT2D eigenvalue weighted by Crippen LogP contribution is 2.25. The van der Waals surface area contributed by atoms with Gasteiger partial charge in [0.25, 0.3) is 5.91 Å². The molecule has 168 valence electrons. The van der Waals surface area contributed by atoms with Gasteiger partial charge in [-0.05, 0) is 76.1 Å². The zero-order chi connectivity index (χ0) is 22.9. The average Bonchev–Trinajstić information content (AvgIpc) is 3.12. The van der Waals surface area contributed by atoms with Gasteiger partial charge in [-0.1, -0.05) is 6.42 Å². The molecule has 0 bridgehead atoms. The molecule has 1 aliphatic rings. The van der Waals surface area contributed by atoms with E-state index in [1.165, 1.54) is 24.3 Å². The number of aryl methyl sites for hydroxylation is 2. The zero-order valence-electron chi connectivity index (χ0n) is 18.4. The van der Waals surface area contributed by atoms with Crippen molar-refractivity contribution >= 4 is 21.6 Å². The highest BCUT2D eigenvalue weighted by Gasteiger charge is 2.30. The summed E-state index contributed by atoms with van der Waals surface area (Å²) in [5.74, 6) is 0.330. The van der Waals surface area contributed by atoms with Crippen LogP contribution < -0.4 is 5.32 Å². The van der Waals surface area contributed by atoms with E-state index in [0.717, 1.165) is 30.7 Å². The van der Waals surface area contributed by atoms with Crippen LogP contribution in [0.25, 0.3) is 5.82 Å². The molecule has 1 amide bonds. The summed E-state index contributed by atoms with van der Waals surface area (Å²) >= 11 is 0. The number of hydrogen-bond acceptors (Lipinski definition) is 5. The summed E-state index contributed by atoms with van der Waals surface area (Å²) in [4.78, 5) is 17.2. The van der Waals surface area contributed by atoms with Crippen molar-refractivity contribution in [1.82, 2.24) is 19.1 Å². The number of piperidine rings is 1. The Morgan fingerprint density at radius 3 is 2.44 bits per heavy atom. The largest absolute Gasteiger partial charge is 0.321 e. The maximum Gasteiger partial charge on any atom is 0.255 e. The molecule has 4 rings (SSSR count). The van der Waals surface area contributed by atoms with Crippen molar-refractivity contribution in [3.63, 3.8) is 0 Å². The minimum atomic E-state index is -3.56. The summed E-state index contributed by atoms with van der Waals surface area (Å²) in [5, 5.41) is 7.19. The van der Waals surface area contributed by atoms with Gasteiger partial charge >= 0.3 is 0 Å². The Bertz CT molecular complexity index is 1220. The number of rotatable bonds is 5. The van der Waals surface area contributed by atoms with E-state index in [4.69, 9.17) is 0 Å². The van der Waals surface area contributed by atoms with Crippen LogP contribution in [0.5, 0.6) is 0 Å². The van der Waals surface area contributed by atoms with Crippen molar-refractivity contribution < 1.29 is 13.2 Å². The summed E-state index contributed by atoms with van der Waals surface area (Å²) in [6.45, 7) is 6.34. The van der Waals surface area contributed by atoms with E-state index in [9.17, 15) is 13.2 Å². The predicted molar refractivity (Wildman–Crippen MR) is 122 cm³/mol. The number of carbonyl (C=O) groups is 1. The molecule has 1 aliphatic heterocycles. The summed E-state index contributed by atoms with van der Waals surface area (Å²) in [7, 11) is -3.56. The lowest BCUT2D eigenvalue weighted by Gasteiger charge is -2.32. The Morgan fingerprint density at radius 2 is 1.84 bits per heavy atom. The Labute approximate surface area is 188 Å². The van der Waals surface area contributed by atoms with Crippen LogP contribution >= 0.6 is 0 Å². The van der Waals surface area contributed by atoms with Crippen molar-refractivity contribution in [3.05, 3.63) is 65.6 Å². The van der Waals surface area contributed by atoms with Gasteiger partial charge in [0.1, 0.15) is 0 Å². The first-order valence-electron chi connectivity index (χ1n) is 10.7. The molecule has 0 spiro atoms. The Morgan fingerprint density at radius 1 is 1.09 bits per heavy atom. The Balaban J connectivity index is 1.45. The van der Waals surface area contributed by atoms with Crippen molar-refractivity contribution in [2.75, 3.05) is 11.9 Å². The predicted octanol–water partition coefficient (Wildman–Crippen LogP) is 3.70. The highest BCUT2D eigenvalue weighted by atomic mass is 32.2. The number of amides is 1. The third-order valence-corrected chi connectivity index (χ3v) is 7.73. The van der Waals surface area contributed by atoms with Gasteiger partial charge in [-0.3, -0.25) is 4.79 Å². The number of nitrogens with zero attached hydrogens (tertiary/aromatic N) is 4. The first-order chi connectivity index (χ1) is 15.3. The normalized spacial score (nSPS) is 17.3. The molecule has 32 heavy (non-hydrogen) atoms. The average molecular weight is 454 g/mol. The summed E-state index contributed by atoms with van der Waals surface area (Å²) in [6, 6.07) is 11.6. The second kappa shape index (κ2) is 8.84. The van der Waals surface area contributed by atoms with Gasteiger partial charge in [0.15, 0.2) is 5.82 Å². The Kier molecular flexibility index (Phi) is 6.12. The lowest BCUT2D eigenvalue weighted by molar-refractivity contribution is 0.102. The van der Waals surface area contributed by atoms with Crippen molar-refractivity contribution in [2.24, 2.45) is 0 Å². The van der Waals surface area contributed by atoms with Crippen LogP contribution in [-0.4, -0.2) is 46.0 Å². The molecule has 1 N–H and O–H groups in total. The molecule has 8 nitrogen and oxygen atoms in total. The minimum absolute atomic E-state index is 0.0124. The van der Waals surface area contributed by atoms with Crippen molar-refractivity contribution in [3.8, 4) is 5.82 Å². The monoisotopic (exact) mass is 453 g/mol. The number of anilines is 1. The SMILES string of the molecule is Cc1cc(C)n(-c2ccc(NC(=O)c3ccc(S(=O)(=O)N4CCCCC4C)cc3)cn2)n1. The standard InChI is InChI=1S/C23H27N5O3S/c1-16-14-18(3)28(26-16)22-12-9-20(15-24-22)25-23(29)19-7-10-21(11-8-19)32(30,31)27-13-5-4-6-17(27)2/h7-12,14-15,17H,4-6,13H2,1-3H3,(H,25,29). The van der Waals surface area contributed by atoms with E-state index < -0.39 is 10.0 Å². The number of sulfonamides is 1. The molecular weight excluding hydrogens is 426 g/mol. The van der Waals surface area contributed by atoms with Crippen LogP contribution in [0, 0.1) is 13.8 Å². The molecule has 0 radical (unpaired) electrons. The molecule has 0 aliphatic carbocycles. The molecule has 1 fully saturated rings. The summed E-state index contributed by atoms with van der Waals surface area (Å²) in [6.07, 6.45) is 4.35. The summed E-state index contributed by atoms with van der Waals surface area (Å²) < 4.78 is 29.2. The highest BCUT2D eigenvalue weighted by molar-refractivity contribution is 7.89. The van der Waals surface area contributed by atoms with Crippen LogP contribution in [0.3, 0.4) is 0 Å². The van der Waals surface area contributed by atoms with Crippen molar-refractivity contribution in [1.29, 1.82) is 0 Å².